The molecule has 1 aliphatic heterocycles. The lowest BCUT2D eigenvalue weighted by atomic mass is 10.1. The summed E-state index contributed by atoms with van der Waals surface area (Å²) in [5.41, 5.74) is 1.48. The van der Waals surface area contributed by atoms with Crippen LogP contribution in [0.4, 0.5) is 0 Å². The zero-order chi connectivity index (χ0) is 13.3. The Labute approximate surface area is 120 Å². The van der Waals surface area contributed by atoms with Crippen LogP contribution in [0.25, 0.3) is 0 Å². The minimum absolute atomic E-state index is 0.433. The molecular weight excluding hydrogens is 256 g/mol. The van der Waals surface area contributed by atoms with Crippen LogP contribution in [0, 0.1) is 0 Å². The van der Waals surface area contributed by atoms with E-state index in [2.05, 4.69) is 0 Å². The molecule has 1 aliphatic carbocycles. The van der Waals surface area contributed by atoms with Crippen LogP contribution in [0.15, 0.2) is 11.8 Å². The van der Waals surface area contributed by atoms with Gasteiger partial charge in [-0.2, -0.15) is 0 Å². The zero-order valence-corrected chi connectivity index (χ0v) is 12.9. The highest BCUT2D eigenvalue weighted by Crippen LogP contribution is 2.24. The molecule has 2 atom stereocenters. The second kappa shape index (κ2) is 8.78. The van der Waals surface area contributed by atoms with Gasteiger partial charge in [0, 0.05) is 21.8 Å². The molecule has 3 heteroatoms. The van der Waals surface area contributed by atoms with E-state index in [0.29, 0.717) is 5.25 Å². The predicted molar refractivity (Wildman–Crippen MR) is 81.6 cm³/mol. The Balaban J connectivity index is 1.60. The minimum atomic E-state index is -0.585. The van der Waals surface area contributed by atoms with Crippen molar-refractivity contribution >= 4 is 10.8 Å². The van der Waals surface area contributed by atoms with Gasteiger partial charge in [0.2, 0.25) is 0 Å². The van der Waals surface area contributed by atoms with Crippen LogP contribution in [0.1, 0.15) is 70.6 Å². The van der Waals surface area contributed by atoms with E-state index in [1.807, 2.05) is 6.26 Å². The van der Waals surface area contributed by atoms with Crippen molar-refractivity contribution in [3.63, 3.8) is 0 Å². The molecule has 1 heterocycles. The van der Waals surface area contributed by atoms with Gasteiger partial charge in [0.1, 0.15) is 0 Å². The van der Waals surface area contributed by atoms with Crippen molar-refractivity contribution in [1.29, 1.82) is 0 Å². The highest BCUT2D eigenvalue weighted by atomic mass is 32.2. The Hall–Kier alpha value is -0.310. The van der Waals surface area contributed by atoms with Crippen molar-refractivity contribution in [2.75, 3.05) is 12.4 Å². The lowest BCUT2D eigenvalue weighted by Crippen LogP contribution is -2.20. The summed E-state index contributed by atoms with van der Waals surface area (Å²) in [6, 6.07) is 0. The van der Waals surface area contributed by atoms with Gasteiger partial charge < -0.3 is 4.74 Å². The standard InChI is InChI=1S/C16H28O2S/c17-19-13-6-2-1-3-10-16(19)11-7-12-18-14-15-8-4-5-9-15/h14,16H,1-13H2. The molecule has 1 saturated carbocycles. The monoisotopic (exact) mass is 284 g/mol. The van der Waals surface area contributed by atoms with E-state index in [9.17, 15) is 4.21 Å². The topological polar surface area (TPSA) is 26.3 Å². The molecule has 110 valence electrons. The second-order valence-electron chi connectivity index (χ2n) is 5.91. The molecule has 0 aromatic heterocycles. The molecule has 0 spiro atoms. The lowest BCUT2D eigenvalue weighted by molar-refractivity contribution is 0.237. The molecule has 0 N–H and O–H groups in total. The van der Waals surface area contributed by atoms with Gasteiger partial charge in [-0.25, -0.2) is 0 Å². The van der Waals surface area contributed by atoms with Crippen LogP contribution in [-0.2, 0) is 15.5 Å². The summed E-state index contributed by atoms with van der Waals surface area (Å²) >= 11 is 0. The van der Waals surface area contributed by atoms with Crippen LogP contribution >= 0.6 is 0 Å². The van der Waals surface area contributed by atoms with E-state index >= 15 is 0 Å². The molecule has 2 unspecified atom stereocenters. The third-order valence-corrected chi connectivity index (χ3v) is 6.18. The van der Waals surface area contributed by atoms with Crippen LogP contribution in [0.2, 0.25) is 0 Å². The highest BCUT2D eigenvalue weighted by molar-refractivity contribution is 7.85. The molecule has 2 aliphatic rings. The summed E-state index contributed by atoms with van der Waals surface area (Å²) < 4.78 is 17.7. The zero-order valence-electron chi connectivity index (χ0n) is 12.1. The summed E-state index contributed by atoms with van der Waals surface area (Å²) in [6.07, 6.45) is 15.4. The summed E-state index contributed by atoms with van der Waals surface area (Å²) in [5, 5.41) is 0.433. The van der Waals surface area contributed by atoms with Gasteiger partial charge in [0.05, 0.1) is 12.9 Å². The Morgan fingerprint density at radius 1 is 1.11 bits per heavy atom. The molecule has 2 rings (SSSR count). The van der Waals surface area contributed by atoms with Crippen LogP contribution in [0.5, 0.6) is 0 Å². The van der Waals surface area contributed by atoms with Crippen LogP contribution in [0.3, 0.4) is 0 Å². The quantitative estimate of drug-likeness (QED) is 0.555. The molecule has 2 fully saturated rings. The van der Waals surface area contributed by atoms with Crippen molar-refractivity contribution in [2.45, 2.75) is 75.9 Å². The maximum absolute atomic E-state index is 12.1. The number of allylic oxidation sites excluding steroid dienone is 1. The Morgan fingerprint density at radius 2 is 1.89 bits per heavy atom. The van der Waals surface area contributed by atoms with Crippen molar-refractivity contribution in [1.82, 2.24) is 0 Å². The van der Waals surface area contributed by atoms with E-state index in [1.54, 1.807) is 0 Å². The van der Waals surface area contributed by atoms with Crippen molar-refractivity contribution in [3.05, 3.63) is 11.8 Å². The molecule has 2 nitrogen and oxygen atoms in total. The summed E-state index contributed by atoms with van der Waals surface area (Å²) in [7, 11) is -0.585. The van der Waals surface area contributed by atoms with E-state index in [0.717, 1.165) is 38.0 Å². The van der Waals surface area contributed by atoms with E-state index in [-0.39, 0.29) is 0 Å². The molecule has 0 aromatic rings. The summed E-state index contributed by atoms with van der Waals surface area (Å²) in [5.74, 6) is 0.926. The third-order valence-electron chi connectivity index (χ3n) is 4.28. The Kier molecular flexibility index (Phi) is 6.97. The van der Waals surface area contributed by atoms with Crippen LogP contribution in [-0.4, -0.2) is 21.8 Å². The molecule has 0 aromatic carbocycles. The second-order valence-corrected chi connectivity index (χ2v) is 7.74. The average Bonchev–Trinajstić information content (AvgIpc) is 2.90. The highest BCUT2D eigenvalue weighted by Gasteiger charge is 2.17. The molecule has 0 bridgehead atoms. The van der Waals surface area contributed by atoms with Gasteiger partial charge >= 0.3 is 0 Å². The maximum atomic E-state index is 12.1. The van der Waals surface area contributed by atoms with Gasteiger partial charge in [-0.15, -0.1) is 0 Å². The van der Waals surface area contributed by atoms with Crippen molar-refractivity contribution in [3.8, 4) is 0 Å². The minimum Gasteiger partial charge on any atom is -0.501 e. The van der Waals surface area contributed by atoms with Gasteiger partial charge in [0.15, 0.2) is 0 Å². The fraction of sp³-hybridized carbons (Fsp3) is 0.875. The number of hydrogen-bond donors (Lipinski definition) is 0. The van der Waals surface area contributed by atoms with E-state index in [4.69, 9.17) is 4.74 Å². The van der Waals surface area contributed by atoms with E-state index in [1.165, 1.54) is 50.5 Å². The van der Waals surface area contributed by atoms with Crippen molar-refractivity contribution in [2.24, 2.45) is 0 Å². The Bertz CT molecular complexity index is 304. The summed E-state index contributed by atoms with van der Waals surface area (Å²) in [6.45, 7) is 0.803. The van der Waals surface area contributed by atoms with Gasteiger partial charge in [0.25, 0.3) is 0 Å². The molecule has 0 radical (unpaired) electrons. The van der Waals surface area contributed by atoms with Crippen LogP contribution < -0.4 is 0 Å². The van der Waals surface area contributed by atoms with Gasteiger partial charge in [-0.1, -0.05) is 19.3 Å². The smallest absolute Gasteiger partial charge is 0.0873 e. The molecule has 1 saturated heterocycles. The first kappa shape index (κ1) is 15.1. The largest absolute Gasteiger partial charge is 0.501 e. The third kappa shape index (κ3) is 5.68. The SMILES string of the molecule is O=S1CCCCCCC1CCCOC=C1CCCC1. The molecule has 0 amide bonds. The number of rotatable bonds is 5. The summed E-state index contributed by atoms with van der Waals surface area (Å²) in [4.78, 5) is 0. The number of ether oxygens (including phenoxy) is 1. The molecular formula is C16H28O2S. The first-order valence-corrected chi connectivity index (χ1v) is 9.41. The normalized spacial score (nSPS) is 28.7. The maximum Gasteiger partial charge on any atom is 0.0873 e. The first-order chi connectivity index (χ1) is 9.36. The van der Waals surface area contributed by atoms with Crippen molar-refractivity contribution < 1.29 is 8.95 Å². The first-order valence-electron chi connectivity index (χ1n) is 8.03. The van der Waals surface area contributed by atoms with Gasteiger partial charge in [-0.05, 0) is 56.9 Å². The fourth-order valence-corrected chi connectivity index (χ4v) is 4.74. The number of hydrogen-bond acceptors (Lipinski definition) is 2. The Morgan fingerprint density at radius 3 is 2.74 bits per heavy atom. The fourth-order valence-electron chi connectivity index (χ4n) is 3.06. The predicted octanol–water partition coefficient (Wildman–Crippen LogP) is 4.32. The van der Waals surface area contributed by atoms with Gasteiger partial charge in [-0.3, -0.25) is 4.21 Å². The average molecular weight is 284 g/mol. The lowest BCUT2D eigenvalue weighted by Gasteiger charge is -2.19. The molecule has 19 heavy (non-hydrogen) atoms. The van der Waals surface area contributed by atoms with E-state index < -0.39 is 10.8 Å².